The number of esters is 1. The quantitative estimate of drug-likeness (QED) is 0.675. The zero-order valence-corrected chi connectivity index (χ0v) is 13.0. The Bertz CT molecular complexity index is 860. The molecule has 7 heteroatoms. The predicted molar refractivity (Wildman–Crippen MR) is 83.0 cm³/mol. The van der Waals surface area contributed by atoms with E-state index in [1.54, 1.807) is 0 Å². The molecule has 1 aromatic carbocycles. The van der Waals surface area contributed by atoms with Gasteiger partial charge in [-0.1, -0.05) is 17.5 Å². The number of rotatable bonds is 2. The molecule has 0 spiro atoms. The van der Waals surface area contributed by atoms with Crippen molar-refractivity contribution in [2.45, 2.75) is 6.92 Å². The molecule has 0 saturated heterocycles. The highest BCUT2D eigenvalue weighted by molar-refractivity contribution is 6.35. The van der Waals surface area contributed by atoms with Crippen LogP contribution in [0.3, 0.4) is 0 Å². The van der Waals surface area contributed by atoms with E-state index in [0.717, 1.165) is 7.11 Å². The standard InChI is InChI=1S/C16H11ClF2N2O2/c1-4-8-5-6-9(11(18)7(8)2)14-12(19)13(20)10(17)15(21-14)16(22)23-3/h1,5-6H,2-3H3,(H2,20,21). The van der Waals surface area contributed by atoms with E-state index in [1.807, 2.05) is 0 Å². The molecule has 0 saturated carbocycles. The summed E-state index contributed by atoms with van der Waals surface area (Å²) in [6.07, 6.45) is 5.26. The largest absolute Gasteiger partial charge is 0.464 e. The van der Waals surface area contributed by atoms with Gasteiger partial charge in [0.15, 0.2) is 11.5 Å². The van der Waals surface area contributed by atoms with E-state index >= 15 is 0 Å². The Morgan fingerprint density at radius 1 is 1.39 bits per heavy atom. The Hall–Kier alpha value is -2.65. The fourth-order valence-corrected chi connectivity index (χ4v) is 2.20. The third-order valence-electron chi connectivity index (χ3n) is 3.29. The first-order valence-corrected chi connectivity index (χ1v) is 6.70. The van der Waals surface area contributed by atoms with E-state index in [-0.39, 0.29) is 11.1 Å². The van der Waals surface area contributed by atoms with E-state index in [9.17, 15) is 13.6 Å². The van der Waals surface area contributed by atoms with Crippen LogP contribution in [0.15, 0.2) is 12.1 Å². The van der Waals surface area contributed by atoms with Crippen LogP contribution < -0.4 is 5.73 Å². The minimum Gasteiger partial charge on any atom is -0.464 e. The second-order valence-electron chi connectivity index (χ2n) is 4.59. The predicted octanol–water partition coefficient (Wildman–Crippen LogP) is 3.34. The number of nitrogens with two attached hydrogens (primary N) is 1. The Kier molecular flexibility index (Phi) is 4.52. The van der Waals surface area contributed by atoms with E-state index in [0.29, 0.717) is 5.56 Å². The molecule has 118 valence electrons. The first-order valence-electron chi connectivity index (χ1n) is 6.32. The molecule has 0 radical (unpaired) electrons. The number of hydrogen-bond donors (Lipinski definition) is 1. The highest BCUT2D eigenvalue weighted by Crippen LogP contribution is 2.34. The first kappa shape index (κ1) is 16.7. The summed E-state index contributed by atoms with van der Waals surface area (Å²) in [6, 6.07) is 2.70. The highest BCUT2D eigenvalue weighted by Gasteiger charge is 2.24. The van der Waals surface area contributed by atoms with Crippen molar-refractivity contribution in [1.82, 2.24) is 4.98 Å². The number of methoxy groups -OCH3 is 1. The van der Waals surface area contributed by atoms with Gasteiger partial charge in [0.05, 0.1) is 17.8 Å². The molecule has 1 heterocycles. The van der Waals surface area contributed by atoms with Gasteiger partial charge in [-0.3, -0.25) is 0 Å². The summed E-state index contributed by atoms with van der Waals surface area (Å²) in [5.74, 6) is -0.395. The van der Waals surface area contributed by atoms with Crippen molar-refractivity contribution in [2.24, 2.45) is 0 Å². The number of hydrogen-bond acceptors (Lipinski definition) is 4. The number of nitrogens with zero attached hydrogens (tertiary/aromatic N) is 1. The zero-order chi connectivity index (χ0) is 17.3. The van der Waals surface area contributed by atoms with E-state index in [2.05, 4.69) is 15.6 Å². The Morgan fingerprint density at radius 2 is 2.04 bits per heavy atom. The van der Waals surface area contributed by atoms with Crippen LogP contribution in [0.2, 0.25) is 5.02 Å². The van der Waals surface area contributed by atoms with Gasteiger partial charge < -0.3 is 10.5 Å². The molecule has 2 rings (SSSR count). The number of ether oxygens (including phenoxy) is 1. The Morgan fingerprint density at radius 3 is 2.61 bits per heavy atom. The topological polar surface area (TPSA) is 65.2 Å². The summed E-state index contributed by atoms with van der Waals surface area (Å²) in [4.78, 5) is 15.4. The van der Waals surface area contributed by atoms with Crippen molar-refractivity contribution < 1.29 is 18.3 Å². The summed E-state index contributed by atoms with van der Waals surface area (Å²) >= 11 is 5.80. The summed E-state index contributed by atoms with van der Waals surface area (Å²) in [5.41, 5.74) is 4.47. The molecule has 4 nitrogen and oxygen atoms in total. The van der Waals surface area contributed by atoms with E-state index < -0.39 is 39.7 Å². The SMILES string of the molecule is C#Cc1ccc(-c2nc(C(=O)OC)c(Cl)c(N)c2F)c(F)c1C. The minimum atomic E-state index is -1.03. The lowest BCUT2D eigenvalue weighted by atomic mass is 10.0. The lowest BCUT2D eigenvalue weighted by Gasteiger charge is -2.12. The molecule has 2 aromatic rings. The number of halogens is 3. The maximum atomic E-state index is 14.5. The smallest absolute Gasteiger partial charge is 0.358 e. The minimum absolute atomic E-state index is 0.152. The van der Waals surface area contributed by atoms with Crippen LogP contribution in [0.5, 0.6) is 0 Å². The molecule has 1 aromatic heterocycles. The van der Waals surface area contributed by atoms with Crippen LogP contribution in [-0.2, 0) is 4.74 Å². The molecule has 0 aliphatic carbocycles. The lowest BCUT2D eigenvalue weighted by molar-refractivity contribution is 0.0594. The summed E-state index contributed by atoms with van der Waals surface area (Å²) in [7, 11) is 1.10. The number of carbonyl (C=O) groups is 1. The molecule has 2 N–H and O–H groups in total. The number of carbonyl (C=O) groups excluding carboxylic acids is 1. The van der Waals surface area contributed by atoms with Gasteiger partial charge in [0.25, 0.3) is 0 Å². The summed E-state index contributed by atoms with van der Waals surface area (Å²) in [6.45, 7) is 1.45. The van der Waals surface area contributed by atoms with Crippen molar-refractivity contribution in [3.8, 4) is 23.6 Å². The van der Waals surface area contributed by atoms with Crippen LogP contribution in [-0.4, -0.2) is 18.1 Å². The van der Waals surface area contributed by atoms with Crippen LogP contribution in [0.4, 0.5) is 14.5 Å². The average molecular weight is 337 g/mol. The molecule has 0 aliphatic rings. The molecule has 0 fully saturated rings. The first-order chi connectivity index (χ1) is 10.8. The number of pyridine rings is 1. The monoisotopic (exact) mass is 336 g/mol. The zero-order valence-electron chi connectivity index (χ0n) is 12.2. The number of anilines is 1. The van der Waals surface area contributed by atoms with Crippen LogP contribution in [0.1, 0.15) is 21.6 Å². The molecular formula is C16H11ClF2N2O2. The van der Waals surface area contributed by atoms with Crippen molar-refractivity contribution in [1.29, 1.82) is 0 Å². The van der Waals surface area contributed by atoms with Gasteiger partial charge in [0, 0.05) is 16.7 Å². The van der Waals surface area contributed by atoms with Gasteiger partial charge in [-0.25, -0.2) is 18.6 Å². The number of benzene rings is 1. The molecule has 0 unspecified atom stereocenters. The molecular weight excluding hydrogens is 326 g/mol. The van der Waals surface area contributed by atoms with Gasteiger partial charge >= 0.3 is 5.97 Å². The fourth-order valence-electron chi connectivity index (χ4n) is 2.00. The number of nitrogen functional groups attached to an aromatic ring is 1. The van der Waals surface area contributed by atoms with E-state index in [4.69, 9.17) is 23.8 Å². The van der Waals surface area contributed by atoms with Gasteiger partial charge in [0.2, 0.25) is 0 Å². The summed E-state index contributed by atoms with van der Waals surface area (Å²) in [5, 5.41) is -0.393. The number of terminal acetylenes is 1. The maximum Gasteiger partial charge on any atom is 0.358 e. The second-order valence-corrected chi connectivity index (χ2v) is 4.96. The molecule has 23 heavy (non-hydrogen) atoms. The van der Waals surface area contributed by atoms with Crippen LogP contribution in [0.25, 0.3) is 11.3 Å². The third-order valence-corrected chi connectivity index (χ3v) is 3.67. The molecule has 0 atom stereocenters. The fraction of sp³-hybridized carbons (Fsp3) is 0.125. The van der Waals surface area contributed by atoms with Crippen molar-refractivity contribution in [2.75, 3.05) is 12.8 Å². The van der Waals surface area contributed by atoms with Crippen molar-refractivity contribution >= 4 is 23.3 Å². The maximum absolute atomic E-state index is 14.5. The molecule has 0 amide bonds. The lowest BCUT2D eigenvalue weighted by Crippen LogP contribution is -2.11. The number of aromatic nitrogens is 1. The van der Waals surface area contributed by atoms with Crippen LogP contribution in [0, 0.1) is 30.9 Å². The summed E-state index contributed by atoms with van der Waals surface area (Å²) < 4.78 is 33.3. The molecule has 0 aliphatic heterocycles. The second kappa shape index (κ2) is 6.23. The third kappa shape index (κ3) is 2.71. The van der Waals surface area contributed by atoms with E-state index in [1.165, 1.54) is 19.1 Å². The van der Waals surface area contributed by atoms with Gasteiger partial charge in [-0.15, -0.1) is 6.42 Å². The van der Waals surface area contributed by atoms with Gasteiger partial charge in [-0.2, -0.15) is 0 Å². The average Bonchev–Trinajstić information content (AvgIpc) is 2.55. The highest BCUT2D eigenvalue weighted by atomic mass is 35.5. The Labute approximate surface area is 136 Å². The molecule has 0 bridgehead atoms. The van der Waals surface area contributed by atoms with Crippen LogP contribution >= 0.6 is 11.6 Å². The van der Waals surface area contributed by atoms with Crippen molar-refractivity contribution in [3.63, 3.8) is 0 Å². The normalized spacial score (nSPS) is 10.3. The Balaban J connectivity index is 2.80. The van der Waals surface area contributed by atoms with Crippen molar-refractivity contribution in [3.05, 3.63) is 45.6 Å². The van der Waals surface area contributed by atoms with Gasteiger partial charge in [0.1, 0.15) is 11.5 Å². The van der Waals surface area contributed by atoms with Gasteiger partial charge in [-0.05, 0) is 19.1 Å².